The van der Waals surface area contributed by atoms with Crippen LogP contribution < -0.4 is 0 Å². The van der Waals surface area contributed by atoms with Gasteiger partial charge in [0.05, 0.1) is 19.8 Å². The Balaban J connectivity index is 4.15. The van der Waals surface area contributed by atoms with Crippen molar-refractivity contribution in [1.82, 2.24) is 0 Å². The van der Waals surface area contributed by atoms with E-state index in [-0.39, 0.29) is 6.61 Å². The van der Waals surface area contributed by atoms with Crippen molar-refractivity contribution in [3.05, 3.63) is 23.3 Å². The van der Waals surface area contributed by atoms with Gasteiger partial charge in [-0.2, -0.15) is 0 Å². The number of phosphoric ester groups is 1. The Morgan fingerprint density at radius 2 is 1.58 bits per heavy atom. The molecule has 0 bridgehead atoms. The zero-order valence-electron chi connectivity index (χ0n) is 12.8. The molecule has 4 nitrogen and oxygen atoms in total. The van der Waals surface area contributed by atoms with Crippen LogP contribution in [0.2, 0.25) is 0 Å². The van der Waals surface area contributed by atoms with Gasteiger partial charge in [-0.3, -0.25) is 13.6 Å². The van der Waals surface area contributed by atoms with Crippen LogP contribution in [0.5, 0.6) is 0 Å². The second kappa shape index (κ2) is 10.4. The number of allylic oxidation sites excluding steroid dienone is 3. The molecule has 0 heterocycles. The molecule has 0 aliphatic rings. The van der Waals surface area contributed by atoms with E-state index in [4.69, 9.17) is 13.6 Å². The van der Waals surface area contributed by atoms with E-state index in [1.807, 2.05) is 13.0 Å². The molecule has 0 atom stereocenters. The van der Waals surface area contributed by atoms with Gasteiger partial charge in [-0.25, -0.2) is 4.57 Å². The van der Waals surface area contributed by atoms with Gasteiger partial charge in [-0.05, 0) is 47.5 Å². The molecule has 0 rings (SSSR count). The molecule has 0 aliphatic carbocycles. The Morgan fingerprint density at radius 1 is 1.00 bits per heavy atom. The first-order valence-electron chi connectivity index (χ1n) is 6.76. The minimum Gasteiger partial charge on any atom is -0.287 e. The molecule has 19 heavy (non-hydrogen) atoms. The van der Waals surface area contributed by atoms with Crippen LogP contribution in [-0.2, 0) is 18.1 Å². The average Bonchev–Trinajstić information content (AvgIpc) is 2.28. The first kappa shape index (κ1) is 18.6. The predicted molar refractivity (Wildman–Crippen MR) is 79.2 cm³/mol. The van der Waals surface area contributed by atoms with Crippen molar-refractivity contribution in [3.63, 3.8) is 0 Å². The van der Waals surface area contributed by atoms with Gasteiger partial charge < -0.3 is 0 Å². The molecule has 0 aromatic carbocycles. The second-order valence-corrected chi connectivity index (χ2v) is 6.12. The van der Waals surface area contributed by atoms with E-state index in [1.165, 1.54) is 11.1 Å². The molecule has 0 fully saturated rings. The Labute approximate surface area is 117 Å². The van der Waals surface area contributed by atoms with Gasteiger partial charge in [0.2, 0.25) is 0 Å². The summed E-state index contributed by atoms with van der Waals surface area (Å²) in [4.78, 5) is 0. The van der Waals surface area contributed by atoms with Crippen LogP contribution in [0.1, 0.15) is 47.5 Å². The molecule has 0 saturated heterocycles. The van der Waals surface area contributed by atoms with E-state index in [0.29, 0.717) is 13.2 Å². The third-order valence-corrected chi connectivity index (χ3v) is 3.94. The van der Waals surface area contributed by atoms with E-state index < -0.39 is 7.82 Å². The van der Waals surface area contributed by atoms with Crippen molar-refractivity contribution in [3.8, 4) is 0 Å². The standard InChI is InChI=1S/C14H27O4P/c1-6-16-19(15,17-7-2)18-12-11-14(5)10-8-9-13(3)4/h9,11H,6-8,10,12H2,1-5H3/b14-11-. The summed E-state index contributed by atoms with van der Waals surface area (Å²) in [7, 11) is -3.37. The Morgan fingerprint density at radius 3 is 2.05 bits per heavy atom. The fourth-order valence-corrected chi connectivity index (χ4v) is 2.50. The van der Waals surface area contributed by atoms with Crippen molar-refractivity contribution in [2.45, 2.75) is 47.5 Å². The summed E-state index contributed by atoms with van der Waals surface area (Å²) in [6.45, 7) is 10.6. The van der Waals surface area contributed by atoms with Crippen LogP contribution in [0, 0.1) is 0 Å². The number of hydrogen-bond acceptors (Lipinski definition) is 4. The summed E-state index contributed by atoms with van der Waals surface area (Å²) in [6.07, 6.45) is 6.11. The molecular formula is C14H27O4P. The quantitative estimate of drug-likeness (QED) is 0.425. The van der Waals surface area contributed by atoms with Gasteiger partial charge in [-0.1, -0.05) is 23.3 Å². The third-order valence-electron chi connectivity index (χ3n) is 2.33. The highest BCUT2D eigenvalue weighted by Crippen LogP contribution is 2.49. The molecule has 5 heteroatoms. The molecule has 0 aromatic heterocycles. The van der Waals surface area contributed by atoms with E-state index in [9.17, 15) is 4.57 Å². The summed E-state index contributed by atoms with van der Waals surface area (Å²) in [5.41, 5.74) is 2.53. The Kier molecular flexibility index (Phi) is 10.2. The monoisotopic (exact) mass is 290 g/mol. The average molecular weight is 290 g/mol. The highest BCUT2D eigenvalue weighted by Gasteiger charge is 2.24. The minimum atomic E-state index is -3.37. The maximum absolute atomic E-state index is 12.0. The first-order valence-corrected chi connectivity index (χ1v) is 8.22. The molecule has 0 amide bonds. The van der Waals surface area contributed by atoms with E-state index in [1.54, 1.807) is 13.8 Å². The number of rotatable bonds is 10. The summed E-state index contributed by atoms with van der Waals surface area (Å²) in [5.74, 6) is 0. The van der Waals surface area contributed by atoms with Crippen molar-refractivity contribution < 1.29 is 18.1 Å². The lowest BCUT2D eigenvalue weighted by atomic mass is 10.1. The summed E-state index contributed by atoms with van der Waals surface area (Å²) >= 11 is 0. The van der Waals surface area contributed by atoms with Crippen LogP contribution in [0.4, 0.5) is 0 Å². The van der Waals surface area contributed by atoms with Crippen LogP contribution >= 0.6 is 7.82 Å². The molecule has 0 saturated carbocycles. The van der Waals surface area contributed by atoms with Crippen LogP contribution in [-0.4, -0.2) is 19.8 Å². The third kappa shape index (κ3) is 10.1. The topological polar surface area (TPSA) is 44.8 Å². The smallest absolute Gasteiger partial charge is 0.287 e. The lowest BCUT2D eigenvalue weighted by Gasteiger charge is -2.15. The van der Waals surface area contributed by atoms with Gasteiger partial charge >= 0.3 is 7.82 Å². The van der Waals surface area contributed by atoms with E-state index in [0.717, 1.165) is 12.8 Å². The fraction of sp³-hybridized carbons (Fsp3) is 0.714. The molecule has 0 aliphatic heterocycles. The SMILES string of the molecule is CCOP(=O)(OCC)OC/C=C(/C)CCC=C(C)C. The van der Waals surface area contributed by atoms with Crippen molar-refractivity contribution in [2.75, 3.05) is 19.8 Å². The van der Waals surface area contributed by atoms with E-state index >= 15 is 0 Å². The lowest BCUT2D eigenvalue weighted by molar-refractivity contribution is 0.131. The molecular weight excluding hydrogens is 263 g/mol. The Hall–Kier alpha value is -0.410. The van der Waals surface area contributed by atoms with Gasteiger partial charge in [-0.15, -0.1) is 0 Å². The highest BCUT2D eigenvalue weighted by molar-refractivity contribution is 7.48. The highest BCUT2D eigenvalue weighted by atomic mass is 31.2. The summed E-state index contributed by atoms with van der Waals surface area (Å²) in [6, 6.07) is 0. The number of phosphoric acid groups is 1. The lowest BCUT2D eigenvalue weighted by Crippen LogP contribution is -2.00. The van der Waals surface area contributed by atoms with Crippen molar-refractivity contribution >= 4 is 7.82 Å². The fourth-order valence-electron chi connectivity index (χ4n) is 1.39. The van der Waals surface area contributed by atoms with Gasteiger partial charge in [0.1, 0.15) is 0 Å². The Bertz CT molecular complexity index is 333. The van der Waals surface area contributed by atoms with E-state index in [2.05, 4.69) is 19.9 Å². The van der Waals surface area contributed by atoms with Crippen molar-refractivity contribution in [2.24, 2.45) is 0 Å². The molecule has 0 N–H and O–H groups in total. The first-order chi connectivity index (χ1) is 8.93. The zero-order chi connectivity index (χ0) is 14.7. The zero-order valence-corrected chi connectivity index (χ0v) is 13.7. The maximum atomic E-state index is 12.0. The normalized spacial score (nSPS) is 12.6. The largest absolute Gasteiger partial charge is 0.475 e. The second-order valence-electron chi connectivity index (χ2n) is 4.45. The summed E-state index contributed by atoms with van der Waals surface area (Å²) in [5, 5.41) is 0. The molecule has 0 radical (unpaired) electrons. The molecule has 112 valence electrons. The van der Waals surface area contributed by atoms with Crippen molar-refractivity contribution in [1.29, 1.82) is 0 Å². The maximum Gasteiger partial charge on any atom is 0.475 e. The minimum absolute atomic E-state index is 0.248. The summed E-state index contributed by atoms with van der Waals surface area (Å²) < 4.78 is 27.3. The molecule has 0 aromatic rings. The van der Waals surface area contributed by atoms with Crippen LogP contribution in [0.15, 0.2) is 23.3 Å². The van der Waals surface area contributed by atoms with Crippen LogP contribution in [0.3, 0.4) is 0 Å². The molecule has 0 spiro atoms. The predicted octanol–water partition coefficient (Wildman–Crippen LogP) is 4.88. The van der Waals surface area contributed by atoms with Crippen LogP contribution in [0.25, 0.3) is 0 Å². The van der Waals surface area contributed by atoms with Gasteiger partial charge in [0.15, 0.2) is 0 Å². The molecule has 0 unspecified atom stereocenters. The number of hydrogen-bond donors (Lipinski definition) is 0. The van der Waals surface area contributed by atoms with Gasteiger partial charge in [0.25, 0.3) is 0 Å². The van der Waals surface area contributed by atoms with Gasteiger partial charge in [0, 0.05) is 0 Å².